The highest BCUT2D eigenvalue weighted by molar-refractivity contribution is 5.85. The van der Waals surface area contributed by atoms with E-state index in [2.05, 4.69) is 0 Å². The summed E-state index contributed by atoms with van der Waals surface area (Å²) in [6.45, 7) is 1.12. The molecule has 17 heavy (non-hydrogen) atoms. The number of benzene rings is 2. The Bertz CT molecular complexity index is 445. The lowest BCUT2D eigenvalue weighted by Gasteiger charge is -2.09. The van der Waals surface area contributed by atoms with Crippen molar-refractivity contribution in [1.82, 2.24) is 0 Å². The zero-order chi connectivity index (χ0) is 11.2. The van der Waals surface area contributed by atoms with Crippen molar-refractivity contribution in [3.05, 3.63) is 65.7 Å². The van der Waals surface area contributed by atoms with Crippen molar-refractivity contribution in [3.63, 3.8) is 0 Å². The molecule has 2 nitrogen and oxygen atoms in total. The number of nitrogens with two attached hydrogens (primary N) is 1. The predicted octanol–water partition coefficient (Wildman–Crippen LogP) is 3.15. The topological polar surface area (TPSA) is 35.2 Å². The van der Waals surface area contributed by atoms with Crippen molar-refractivity contribution >= 4 is 12.4 Å². The Balaban J connectivity index is 0.00000144. The lowest BCUT2D eigenvalue weighted by Crippen LogP contribution is -2.04. The number of para-hydroxylation sites is 1. The minimum atomic E-state index is 0. The summed E-state index contributed by atoms with van der Waals surface area (Å²) in [5, 5.41) is 0. The fourth-order valence-electron chi connectivity index (χ4n) is 1.58. The monoisotopic (exact) mass is 249 g/mol. The van der Waals surface area contributed by atoms with Crippen LogP contribution in [0.5, 0.6) is 5.75 Å². The molecule has 0 aliphatic heterocycles. The van der Waals surface area contributed by atoms with Gasteiger partial charge in [-0.05, 0) is 23.3 Å². The minimum Gasteiger partial charge on any atom is -0.489 e. The average molecular weight is 250 g/mol. The van der Waals surface area contributed by atoms with Gasteiger partial charge in [0.25, 0.3) is 0 Å². The van der Waals surface area contributed by atoms with Gasteiger partial charge in [0.15, 0.2) is 0 Å². The first-order valence-corrected chi connectivity index (χ1v) is 5.35. The predicted molar refractivity (Wildman–Crippen MR) is 72.4 cm³/mol. The molecule has 0 aromatic heterocycles. The number of hydrogen-bond donors (Lipinski definition) is 1. The van der Waals surface area contributed by atoms with Gasteiger partial charge in [0.05, 0.1) is 0 Å². The molecule has 0 spiro atoms. The molecule has 2 aromatic carbocycles. The van der Waals surface area contributed by atoms with Crippen LogP contribution in [0, 0.1) is 0 Å². The molecule has 0 heterocycles. The molecule has 3 heteroatoms. The first-order valence-electron chi connectivity index (χ1n) is 5.35. The van der Waals surface area contributed by atoms with Gasteiger partial charge in [-0.2, -0.15) is 0 Å². The van der Waals surface area contributed by atoms with E-state index in [4.69, 9.17) is 10.5 Å². The van der Waals surface area contributed by atoms with Crippen LogP contribution in [0.4, 0.5) is 0 Å². The lowest BCUT2D eigenvalue weighted by atomic mass is 10.1. The standard InChI is InChI=1S/C14H15NO.ClH/c15-10-12-6-4-5-7-13(12)11-16-14-8-2-1-3-9-14;/h1-9H,10-11,15H2;1H. The highest BCUT2D eigenvalue weighted by Gasteiger charge is 2.00. The second kappa shape index (κ2) is 6.94. The van der Waals surface area contributed by atoms with Crippen LogP contribution < -0.4 is 10.5 Å². The largest absolute Gasteiger partial charge is 0.489 e. The molecule has 2 aromatic rings. The maximum atomic E-state index is 5.68. The van der Waals surface area contributed by atoms with Gasteiger partial charge in [-0.15, -0.1) is 12.4 Å². The number of halogens is 1. The highest BCUT2D eigenvalue weighted by Crippen LogP contribution is 2.14. The summed E-state index contributed by atoms with van der Waals surface area (Å²) in [6.07, 6.45) is 0. The van der Waals surface area contributed by atoms with Crippen molar-refractivity contribution in [2.75, 3.05) is 0 Å². The minimum absolute atomic E-state index is 0. The fourth-order valence-corrected chi connectivity index (χ4v) is 1.58. The van der Waals surface area contributed by atoms with E-state index in [9.17, 15) is 0 Å². The third kappa shape index (κ3) is 3.77. The van der Waals surface area contributed by atoms with E-state index in [1.165, 1.54) is 0 Å². The number of hydrogen-bond acceptors (Lipinski definition) is 2. The van der Waals surface area contributed by atoms with Gasteiger partial charge in [0.2, 0.25) is 0 Å². The normalized spacial score (nSPS) is 9.47. The highest BCUT2D eigenvalue weighted by atomic mass is 35.5. The van der Waals surface area contributed by atoms with Crippen molar-refractivity contribution in [2.45, 2.75) is 13.2 Å². The first kappa shape index (κ1) is 13.6. The van der Waals surface area contributed by atoms with E-state index in [0.29, 0.717) is 13.2 Å². The third-order valence-corrected chi connectivity index (χ3v) is 2.48. The van der Waals surface area contributed by atoms with Crippen molar-refractivity contribution in [3.8, 4) is 5.75 Å². The summed E-state index contributed by atoms with van der Waals surface area (Å²) < 4.78 is 5.68. The lowest BCUT2D eigenvalue weighted by molar-refractivity contribution is 0.305. The zero-order valence-corrected chi connectivity index (χ0v) is 10.3. The Morgan fingerprint density at radius 2 is 1.41 bits per heavy atom. The zero-order valence-electron chi connectivity index (χ0n) is 9.50. The molecule has 2 rings (SSSR count). The Kier molecular flexibility index (Phi) is 5.53. The van der Waals surface area contributed by atoms with Crippen molar-refractivity contribution in [2.24, 2.45) is 5.73 Å². The molecule has 0 amide bonds. The maximum absolute atomic E-state index is 5.68. The fraction of sp³-hybridized carbons (Fsp3) is 0.143. The molecule has 90 valence electrons. The van der Waals surface area contributed by atoms with Crippen LogP contribution in [0.1, 0.15) is 11.1 Å². The van der Waals surface area contributed by atoms with E-state index in [0.717, 1.165) is 16.9 Å². The van der Waals surface area contributed by atoms with Gasteiger partial charge >= 0.3 is 0 Å². The third-order valence-electron chi connectivity index (χ3n) is 2.48. The second-order valence-electron chi connectivity index (χ2n) is 3.57. The maximum Gasteiger partial charge on any atom is 0.119 e. The Hall–Kier alpha value is -1.51. The van der Waals surface area contributed by atoms with Crippen LogP contribution in [-0.2, 0) is 13.2 Å². The molecule has 0 unspecified atom stereocenters. The summed E-state index contributed by atoms with van der Waals surface area (Å²) >= 11 is 0. The van der Waals surface area contributed by atoms with Crippen LogP contribution >= 0.6 is 12.4 Å². The molecule has 0 aliphatic carbocycles. The van der Waals surface area contributed by atoms with Gasteiger partial charge in [-0.1, -0.05) is 42.5 Å². The number of ether oxygens (including phenoxy) is 1. The SMILES string of the molecule is Cl.NCc1ccccc1COc1ccccc1. The summed E-state index contributed by atoms with van der Waals surface area (Å²) in [5.41, 5.74) is 7.95. The van der Waals surface area contributed by atoms with Crippen LogP contribution in [0.3, 0.4) is 0 Å². The molecule has 0 fully saturated rings. The quantitative estimate of drug-likeness (QED) is 0.904. The Morgan fingerprint density at radius 3 is 2.06 bits per heavy atom. The van der Waals surface area contributed by atoms with Gasteiger partial charge in [0.1, 0.15) is 12.4 Å². The average Bonchev–Trinajstić information content (AvgIpc) is 2.38. The number of rotatable bonds is 4. The van der Waals surface area contributed by atoms with Gasteiger partial charge in [0, 0.05) is 6.54 Å². The summed E-state index contributed by atoms with van der Waals surface area (Å²) in [7, 11) is 0. The van der Waals surface area contributed by atoms with E-state index in [1.807, 2.05) is 54.6 Å². The van der Waals surface area contributed by atoms with E-state index < -0.39 is 0 Å². The Labute approximate surface area is 108 Å². The molecule has 0 aliphatic rings. The summed E-state index contributed by atoms with van der Waals surface area (Å²) in [5.74, 6) is 0.884. The van der Waals surface area contributed by atoms with Crippen LogP contribution in [0.25, 0.3) is 0 Å². The first-order chi connectivity index (χ1) is 7.90. The van der Waals surface area contributed by atoms with Crippen molar-refractivity contribution in [1.29, 1.82) is 0 Å². The van der Waals surface area contributed by atoms with Gasteiger partial charge in [-0.25, -0.2) is 0 Å². The smallest absolute Gasteiger partial charge is 0.119 e. The van der Waals surface area contributed by atoms with Crippen LogP contribution in [0.15, 0.2) is 54.6 Å². The molecule has 0 atom stereocenters. The van der Waals surface area contributed by atoms with E-state index in [1.54, 1.807) is 0 Å². The van der Waals surface area contributed by atoms with Crippen LogP contribution in [0.2, 0.25) is 0 Å². The molecule has 0 saturated heterocycles. The summed E-state index contributed by atoms with van der Waals surface area (Å²) in [6, 6.07) is 17.9. The summed E-state index contributed by atoms with van der Waals surface area (Å²) in [4.78, 5) is 0. The molecule has 2 N–H and O–H groups in total. The second-order valence-corrected chi connectivity index (χ2v) is 3.57. The van der Waals surface area contributed by atoms with Gasteiger partial charge in [-0.3, -0.25) is 0 Å². The molecule has 0 saturated carbocycles. The molecular formula is C14H16ClNO. The van der Waals surface area contributed by atoms with Crippen LogP contribution in [-0.4, -0.2) is 0 Å². The molecule has 0 radical (unpaired) electrons. The van der Waals surface area contributed by atoms with Crippen molar-refractivity contribution < 1.29 is 4.74 Å². The molecule has 0 bridgehead atoms. The molecular weight excluding hydrogens is 234 g/mol. The van der Waals surface area contributed by atoms with E-state index >= 15 is 0 Å². The van der Waals surface area contributed by atoms with E-state index in [-0.39, 0.29) is 12.4 Å². The Morgan fingerprint density at radius 1 is 0.824 bits per heavy atom. The van der Waals surface area contributed by atoms with Gasteiger partial charge < -0.3 is 10.5 Å².